The molecule has 1 aliphatic rings. The van der Waals surface area contributed by atoms with Gasteiger partial charge in [-0.1, -0.05) is 6.07 Å². The zero-order valence-electron chi connectivity index (χ0n) is 10.9. The molecule has 5 nitrogen and oxygen atoms in total. The standard InChI is InChI=1S/C13H17NO4S/c1-8(15)10-3-4-13(11(7-10)14(16)17)19-12-5-6-18-9(12)2/h3-4,7-9,12,15H,5-6H2,1-2H3. The van der Waals surface area contributed by atoms with Crippen LogP contribution in [-0.2, 0) is 4.74 Å². The molecule has 0 aliphatic carbocycles. The Morgan fingerprint density at radius 2 is 2.32 bits per heavy atom. The van der Waals surface area contributed by atoms with Gasteiger partial charge in [-0.2, -0.15) is 0 Å². The molecule has 3 atom stereocenters. The van der Waals surface area contributed by atoms with Gasteiger partial charge in [0.05, 0.1) is 22.0 Å². The van der Waals surface area contributed by atoms with Gasteiger partial charge in [0.2, 0.25) is 0 Å². The Balaban J connectivity index is 2.26. The third kappa shape index (κ3) is 3.26. The van der Waals surface area contributed by atoms with Gasteiger partial charge < -0.3 is 9.84 Å². The summed E-state index contributed by atoms with van der Waals surface area (Å²) in [5, 5.41) is 20.9. The number of rotatable bonds is 4. The minimum Gasteiger partial charge on any atom is -0.389 e. The van der Waals surface area contributed by atoms with Crippen molar-refractivity contribution in [3.8, 4) is 0 Å². The predicted octanol–water partition coefficient (Wildman–Crippen LogP) is 2.92. The number of nitro groups is 1. The molecule has 0 radical (unpaired) electrons. The summed E-state index contributed by atoms with van der Waals surface area (Å²) in [7, 11) is 0. The highest BCUT2D eigenvalue weighted by Crippen LogP contribution is 2.38. The van der Waals surface area contributed by atoms with E-state index in [1.54, 1.807) is 19.1 Å². The molecule has 104 valence electrons. The van der Waals surface area contributed by atoms with Crippen LogP contribution >= 0.6 is 11.8 Å². The number of hydrogen-bond donors (Lipinski definition) is 1. The van der Waals surface area contributed by atoms with Gasteiger partial charge in [-0.05, 0) is 31.9 Å². The number of aliphatic hydroxyl groups excluding tert-OH is 1. The van der Waals surface area contributed by atoms with Crippen LogP contribution in [0.3, 0.4) is 0 Å². The lowest BCUT2D eigenvalue weighted by molar-refractivity contribution is -0.387. The highest BCUT2D eigenvalue weighted by molar-refractivity contribution is 8.00. The average Bonchev–Trinajstić information content (AvgIpc) is 2.75. The fraction of sp³-hybridized carbons (Fsp3) is 0.538. The van der Waals surface area contributed by atoms with Gasteiger partial charge in [-0.15, -0.1) is 11.8 Å². The topological polar surface area (TPSA) is 72.6 Å². The van der Waals surface area contributed by atoms with Crippen molar-refractivity contribution in [1.82, 2.24) is 0 Å². The van der Waals surface area contributed by atoms with Crippen LogP contribution in [0.25, 0.3) is 0 Å². The maximum absolute atomic E-state index is 11.1. The first-order chi connectivity index (χ1) is 8.99. The SMILES string of the molecule is CC(O)c1ccc(SC2CCOC2C)c([N+](=O)[O-])c1. The zero-order chi connectivity index (χ0) is 14.0. The summed E-state index contributed by atoms with van der Waals surface area (Å²) in [4.78, 5) is 11.4. The van der Waals surface area contributed by atoms with Crippen molar-refractivity contribution < 1.29 is 14.8 Å². The Labute approximate surface area is 116 Å². The predicted molar refractivity (Wildman–Crippen MR) is 73.4 cm³/mol. The molecule has 0 amide bonds. The second-order valence-corrected chi connectivity index (χ2v) is 5.96. The van der Waals surface area contributed by atoms with Gasteiger partial charge in [0.1, 0.15) is 0 Å². The number of hydrogen-bond acceptors (Lipinski definition) is 5. The lowest BCUT2D eigenvalue weighted by Crippen LogP contribution is -2.13. The van der Waals surface area contributed by atoms with Gasteiger partial charge >= 0.3 is 0 Å². The van der Waals surface area contributed by atoms with Crippen LogP contribution < -0.4 is 0 Å². The van der Waals surface area contributed by atoms with Crippen LogP contribution in [0.2, 0.25) is 0 Å². The van der Waals surface area contributed by atoms with E-state index in [0.717, 1.165) is 6.42 Å². The Kier molecular flexibility index (Phi) is 4.44. The van der Waals surface area contributed by atoms with E-state index in [2.05, 4.69) is 0 Å². The van der Waals surface area contributed by atoms with Crippen LogP contribution in [0.5, 0.6) is 0 Å². The molecular weight excluding hydrogens is 266 g/mol. The van der Waals surface area contributed by atoms with Gasteiger partial charge in [0, 0.05) is 17.9 Å². The van der Waals surface area contributed by atoms with E-state index >= 15 is 0 Å². The molecule has 1 aromatic carbocycles. The summed E-state index contributed by atoms with van der Waals surface area (Å²) in [5.74, 6) is 0. The summed E-state index contributed by atoms with van der Waals surface area (Å²) in [6.07, 6.45) is 0.314. The summed E-state index contributed by atoms with van der Waals surface area (Å²) in [6.45, 7) is 4.29. The van der Waals surface area contributed by atoms with E-state index in [1.807, 2.05) is 6.92 Å². The third-order valence-corrected chi connectivity index (χ3v) is 4.77. The minimum absolute atomic E-state index is 0.0579. The Bertz CT molecular complexity index is 478. The molecule has 1 fully saturated rings. The fourth-order valence-electron chi connectivity index (χ4n) is 2.07. The van der Waals surface area contributed by atoms with Gasteiger partial charge in [0.25, 0.3) is 5.69 Å². The van der Waals surface area contributed by atoms with E-state index in [1.165, 1.54) is 17.8 Å². The molecule has 0 spiro atoms. The molecule has 6 heteroatoms. The molecule has 0 aromatic heterocycles. The number of nitrogens with zero attached hydrogens (tertiary/aromatic N) is 1. The molecule has 1 aliphatic heterocycles. The van der Waals surface area contributed by atoms with E-state index in [0.29, 0.717) is 17.1 Å². The van der Waals surface area contributed by atoms with Crippen LogP contribution in [0.4, 0.5) is 5.69 Å². The molecule has 0 bridgehead atoms. The monoisotopic (exact) mass is 283 g/mol. The molecule has 1 aromatic rings. The Morgan fingerprint density at radius 3 is 2.84 bits per heavy atom. The second-order valence-electron chi connectivity index (χ2n) is 4.68. The number of aliphatic hydroxyl groups is 1. The Morgan fingerprint density at radius 1 is 1.58 bits per heavy atom. The van der Waals surface area contributed by atoms with Crippen molar-refractivity contribution in [2.45, 2.75) is 42.6 Å². The van der Waals surface area contributed by atoms with Crippen LogP contribution in [0.1, 0.15) is 31.9 Å². The second kappa shape index (κ2) is 5.90. The number of nitro benzene ring substituents is 1. The fourth-order valence-corrected chi connectivity index (χ4v) is 3.28. The largest absolute Gasteiger partial charge is 0.389 e. The summed E-state index contributed by atoms with van der Waals surface area (Å²) >= 11 is 1.49. The summed E-state index contributed by atoms with van der Waals surface area (Å²) < 4.78 is 5.47. The first kappa shape index (κ1) is 14.3. The van der Waals surface area contributed by atoms with Crippen LogP contribution in [-0.4, -0.2) is 28.0 Å². The van der Waals surface area contributed by atoms with Crippen molar-refractivity contribution in [1.29, 1.82) is 0 Å². The van der Waals surface area contributed by atoms with E-state index in [-0.39, 0.29) is 17.0 Å². The molecule has 1 N–H and O–H groups in total. The number of thioether (sulfide) groups is 1. The third-order valence-electron chi connectivity index (χ3n) is 3.25. The van der Waals surface area contributed by atoms with Crippen LogP contribution in [0.15, 0.2) is 23.1 Å². The Hall–Kier alpha value is -1.11. The first-order valence-electron chi connectivity index (χ1n) is 6.23. The highest BCUT2D eigenvalue weighted by Gasteiger charge is 2.28. The molecule has 19 heavy (non-hydrogen) atoms. The van der Waals surface area contributed by atoms with Crippen molar-refractivity contribution in [2.24, 2.45) is 0 Å². The lowest BCUT2D eigenvalue weighted by Gasteiger charge is -2.14. The lowest BCUT2D eigenvalue weighted by atomic mass is 10.1. The minimum atomic E-state index is -0.702. The van der Waals surface area contributed by atoms with Crippen molar-refractivity contribution in [3.63, 3.8) is 0 Å². The van der Waals surface area contributed by atoms with E-state index in [4.69, 9.17) is 4.74 Å². The van der Waals surface area contributed by atoms with E-state index in [9.17, 15) is 15.2 Å². The molecule has 2 rings (SSSR count). The molecule has 0 saturated carbocycles. The van der Waals surface area contributed by atoms with Gasteiger partial charge in [-0.25, -0.2) is 0 Å². The van der Waals surface area contributed by atoms with Gasteiger partial charge in [0.15, 0.2) is 0 Å². The van der Waals surface area contributed by atoms with Crippen molar-refractivity contribution in [2.75, 3.05) is 6.61 Å². The number of ether oxygens (including phenoxy) is 1. The normalized spacial score (nSPS) is 24.4. The molecule has 3 unspecified atom stereocenters. The average molecular weight is 283 g/mol. The first-order valence-corrected chi connectivity index (χ1v) is 7.11. The van der Waals surface area contributed by atoms with Crippen LogP contribution in [0, 0.1) is 10.1 Å². The highest BCUT2D eigenvalue weighted by atomic mass is 32.2. The number of benzene rings is 1. The maximum Gasteiger partial charge on any atom is 0.283 e. The quantitative estimate of drug-likeness (QED) is 0.679. The van der Waals surface area contributed by atoms with Gasteiger partial charge in [-0.3, -0.25) is 10.1 Å². The van der Waals surface area contributed by atoms with Crippen molar-refractivity contribution >= 4 is 17.4 Å². The molecular formula is C13H17NO4S. The summed E-state index contributed by atoms with van der Waals surface area (Å²) in [6, 6.07) is 4.91. The molecule has 1 heterocycles. The van der Waals surface area contributed by atoms with E-state index < -0.39 is 11.0 Å². The summed E-state index contributed by atoms with van der Waals surface area (Å²) in [5.41, 5.74) is 0.620. The molecule has 1 saturated heterocycles. The smallest absolute Gasteiger partial charge is 0.283 e. The zero-order valence-corrected chi connectivity index (χ0v) is 11.7. The maximum atomic E-state index is 11.1. The van der Waals surface area contributed by atoms with Crippen molar-refractivity contribution in [3.05, 3.63) is 33.9 Å².